The number of benzene rings is 1. The highest BCUT2D eigenvalue weighted by molar-refractivity contribution is 7.20. The largest absolute Gasteiger partial charge is 0.465 e. The van der Waals surface area contributed by atoms with E-state index in [1.807, 2.05) is 24.4 Å². The van der Waals surface area contributed by atoms with Crippen molar-refractivity contribution >= 4 is 40.2 Å². The number of hydrogen-bond acceptors (Lipinski definition) is 6. The van der Waals surface area contributed by atoms with Crippen molar-refractivity contribution in [2.24, 2.45) is 0 Å². The van der Waals surface area contributed by atoms with Crippen molar-refractivity contribution in [2.45, 2.75) is 6.92 Å². The van der Waals surface area contributed by atoms with E-state index in [-0.39, 0.29) is 5.91 Å². The molecule has 1 N–H and O–H groups in total. The van der Waals surface area contributed by atoms with Crippen LogP contribution in [0.15, 0.2) is 41.1 Å². The van der Waals surface area contributed by atoms with Crippen molar-refractivity contribution in [1.29, 1.82) is 0 Å². The zero-order valence-corrected chi connectivity index (χ0v) is 14.7. The van der Waals surface area contributed by atoms with Crippen LogP contribution in [-0.4, -0.2) is 24.0 Å². The molecule has 2 aromatic heterocycles. The molecule has 0 saturated carbocycles. The molecule has 5 nitrogen and oxygen atoms in total. The number of carbonyl (C=O) groups is 2. The Morgan fingerprint density at radius 3 is 2.75 bits per heavy atom. The first-order valence-corrected chi connectivity index (χ1v) is 8.84. The normalized spacial score (nSPS) is 10.4. The Bertz CT molecular complexity index is 885. The number of esters is 1. The van der Waals surface area contributed by atoms with E-state index in [2.05, 4.69) is 10.3 Å². The Kier molecular flexibility index (Phi) is 4.73. The van der Waals surface area contributed by atoms with Crippen LogP contribution in [0, 0.1) is 6.92 Å². The van der Waals surface area contributed by atoms with Crippen molar-refractivity contribution in [3.05, 3.63) is 57.9 Å². The fourth-order valence-electron chi connectivity index (χ4n) is 2.08. The minimum atomic E-state index is -0.445. The minimum Gasteiger partial charge on any atom is -0.465 e. The van der Waals surface area contributed by atoms with Gasteiger partial charge < -0.3 is 10.1 Å². The van der Waals surface area contributed by atoms with Gasteiger partial charge in [-0.05, 0) is 36.1 Å². The lowest BCUT2D eigenvalue weighted by molar-refractivity contribution is 0.0600. The topological polar surface area (TPSA) is 68.3 Å². The summed E-state index contributed by atoms with van der Waals surface area (Å²) in [5, 5.41) is 7.32. The van der Waals surface area contributed by atoms with Gasteiger partial charge in [-0.1, -0.05) is 12.1 Å². The molecule has 0 fully saturated rings. The second kappa shape index (κ2) is 6.94. The predicted molar refractivity (Wildman–Crippen MR) is 95.9 cm³/mol. The van der Waals surface area contributed by atoms with E-state index in [4.69, 9.17) is 4.74 Å². The first-order chi connectivity index (χ1) is 11.6. The molecular formula is C17H14N2O3S2. The number of thiazole rings is 1. The third kappa shape index (κ3) is 3.37. The SMILES string of the molecule is COC(=O)c1ccc(C)c(NC(=O)c2csc(-c3cccs3)n2)c1. The van der Waals surface area contributed by atoms with Crippen LogP contribution in [0.25, 0.3) is 9.88 Å². The fourth-order valence-corrected chi connectivity index (χ4v) is 3.69. The van der Waals surface area contributed by atoms with Gasteiger partial charge in [0.25, 0.3) is 5.91 Å². The summed E-state index contributed by atoms with van der Waals surface area (Å²) < 4.78 is 4.70. The number of rotatable bonds is 4. The molecule has 2 heterocycles. The lowest BCUT2D eigenvalue weighted by Crippen LogP contribution is -2.14. The molecule has 24 heavy (non-hydrogen) atoms. The lowest BCUT2D eigenvalue weighted by Gasteiger charge is -2.09. The number of aromatic nitrogens is 1. The van der Waals surface area contributed by atoms with Gasteiger partial charge in [-0.15, -0.1) is 22.7 Å². The number of thiophene rings is 1. The van der Waals surface area contributed by atoms with Crippen LogP contribution in [0.2, 0.25) is 0 Å². The van der Waals surface area contributed by atoms with Gasteiger partial charge in [0.2, 0.25) is 0 Å². The molecule has 0 atom stereocenters. The molecular weight excluding hydrogens is 344 g/mol. The number of nitrogens with zero attached hydrogens (tertiary/aromatic N) is 1. The van der Waals surface area contributed by atoms with Gasteiger partial charge in [0.15, 0.2) is 0 Å². The fraction of sp³-hybridized carbons (Fsp3) is 0.118. The van der Waals surface area contributed by atoms with Crippen molar-refractivity contribution < 1.29 is 14.3 Å². The summed E-state index contributed by atoms with van der Waals surface area (Å²) in [6, 6.07) is 8.94. The Morgan fingerprint density at radius 1 is 1.21 bits per heavy atom. The number of carbonyl (C=O) groups excluding carboxylic acids is 2. The number of hydrogen-bond donors (Lipinski definition) is 1. The molecule has 122 valence electrons. The molecule has 0 aliphatic carbocycles. The molecule has 0 unspecified atom stereocenters. The van der Waals surface area contributed by atoms with Crippen LogP contribution in [0.5, 0.6) is 0 Å². The van der Waals surface area contributed by atoms with Gasteiger partial charge in [-0.2, -0.15) is 0 Å². The van der Waals surface area contributed by atoms with Gasteiger partial charge in [0.1, 0.15) is 10.7 Å². The van der Waals surface area contributed by atoms with Crippen LogP contribution in [-0.2, 0) is 4.74 Å². The molecule has 0 spiro atoms. The second-order valence-electron chi connectivity index (χ2n) is 4.99. The molecule has 1 amide bonds. The van der Waals surface area contributed by atoms with E-state index in [0.717, 1.165) is 15.4 Å². The first kappa shape index (κ1) is 16.4. The van der Waals surface area contributed by atoms with E-state index in [1.165, 1.54) is 18.4 Å². The van der Waals surface area contributed by atoms with E-state index in [9.17, 15) is 9.59 Å². The zero-order valence-electron chi connectivity index (χ0n) is 13.0. The van der Waals surface area contributed by atoms with E-state index in [0.29, 0.717) is 16.9 Å². The maximum Gasteiger partial charge on any atom is 0.337 e. The van der Waals surface area contributed by atoms with E-state index >= 15 is 0 Å². The van der Waals surface area contributed by atoms with Crippen molar-refractivity contribution in [2.75, 3.05) is 12.4 Å². The summed E-state index contributed by atoms with van der Waals surface area (Å²) in [7, 11) is 1.32. The Labute approximate surface area is 146 Å². The van der Waals surface area contributed by atoms with Gasteiger partial charge in [0, 0.05) is 11.1 Å². The number of ether oxygens (including phenoxy) is 1. The third-order valence-corrected chi connectivity index (χ3v) is 5.26. The number of methoxy groups -OCH3 is 1. The van der Waals surface area contributed by atoms with Crippen LogP contribution in [0.4, 0.5) is 5.69 Å². The number of nitrogens with one attached hydrogen (secondary N) is 1. The summed E-state index contributed by atoms with van der Waals surface area (Å²) in [6.45, 7) is 1.86. The smallest absolute Gasteiger partial charge is 0.337 e. The summed E-state index contributed by atoms with van der Waals surface area (Å²) >= 11 is 3.01. The average molecular weight is 358 g/mol. The Hall–Kier alpha value is -2.51. The Balaban J connectivity index is 1.81. The number of anilines is 1. The quantitative estimate of drug-likeness (QED) is 0.709. The summed E-state index contributed by atoms with van der Waals surface area (Å²) in [4.78, 5) is 29.5. The predicted octanol–water partition coefficient (Wildman–Crippen LogP) is 4.22. The van der Waals surface area contributed by atoms with Crippen LogP contribution in [0.3, 0.4) is 0 Å². The van der Waals surface area contributed by atoms with E-state index < -0.39 is 5.97 Å². The Morgan fingerprint density at radius 2 is 2.04 bits per heavy atom. The molecule has 0 bridgehead atoms. The maximum absolute atomic E-state index is 12.4. The van der Waals surface area contributed by atoms with Gasteiger partial charge in [0.05, 0.1) is 17.6 Å². The summed E-state index contributed by atoms with van der Waals surface area (Å²) in [6.07, 6.45) is 0. The molecule has 0 saturated heterocycles. The molecule has 0 aliphatic heterocycles. The van der Waals surface area contributed by atoms with Crippen LogP contribution < -0.4 is 5.32 Å². The van der Waals surface area contributed by atoms with Crippen molar-refractivity contribution in [1.82, 2.24) is 4.98 Å². The lowest BCUT2D eigenvalue weighted by atomic mass is 10.1. The average Bonchev–Trinajstić information content (AvgIpc) is 3.27. The molecule has 0 radical (unpaired) electrons. The van der Waals surface area contributed by atoms with Gasteiger partial charge >= 0.3 is 5.97 Å². The summed E-state index contributed by atoms with van der Waals surface area (Å²) in [5.74, 6) is -0.752. The molecule has 3 aromatic rings. The maximum atomic E-state index is 12.4. The molecule has 7 heteroatoms. The number of aryl methyl sites for hydroxylation is 1. The minimum absolute atomic E-state index is 0.306. The highest BCUT2D eigenvalue weighted by Gasteiger charge is 2.15. The van der Waals surface area contributed by atoms with Crippen LogP contribution >= 0.6 is 22.7 Å². The number of amides is 1. The van der Waals surface area contributed by atoms with Gasteiger partial charge in [-0.3, -0.25) is 4.79 Å². The third-order valence-electron chi connectivity index (χ3n) is 3.38. The molecule has 1 aromatic carbocycles. The van der Waals surface area contributed by atoms with Gasteiger partial charge in [-0.25, -0.2) is 9.78 Å². The van der Waals surface area contributed by atoms with E-state index in [1.54, 1.807) is 34.9 Å². The highest BCUT2D eigenvalue weighted by atomic mass is 32.1. The molecule has 3 rings (SSSR count). The first-order valence-electron chi connectivity index (χ1n) is 7.08. The van der Waals surface area contributed by atoms with Crippen molar-refractivity contribution in [3.63, 3.8) is 0 Å². The zero-order chi connectivity index (χ0) is 17.1. The highest BCUT2D eigenvalue weighted by Crippen LogP contribution is 2.28. The molecule has 0 aliphatic rings. The second-order valence-corrected chi connectivity index (χ2v) is 6.80. The van der Waals surface area contributed by atoms with Crippen molar-refractivity contribution in [3.8, 4) is 9.88 Å². The van der Waals surface area contributed by atoms with Crippen LogP contribution in [0.1, 0.15) is 26.4 Å². The summed E-state index contributed by atoms with van der Waals surface area (Å²) in [5.41, 5.74) is 2.15. The monoisotopic (exact) mass is 358 g/mol. The standard InChI is InChI=1S/C17H14N2O3S2/c1-10-5-6-11(17(21)22-2)8-12(10)18-15(20)13-9-24-16(19-13)14-4-3-7-23-14/h3-9H,1-2H3,(H,18,20).